The molecule has 1 fully saturated rings. The van der Waals surface area contributed by atoms with Crippen LogP contribution >= 0.6 is 0 Å². The first kappa shape index (κ1) is 21.4. The molecule has 1 atom stereocenters. The molecule has 3 rings (SSSR count). The molecule has 1 amide bonds. The number of hydrogen-bond donors (Lipinski definition) is 1. The number of aromatic nitrogens is 2. The fourth-order valence-corrected chi connectivity index (χ4v) is 5.21. The Morgan fingerprint density at radius 3 is 2.62 bits per heavy atom. The van der Waals surface area contributed by atoms with Crippen LogP contribution in [0.1, 0.15) is 43.5 Å². The summed E-state index contributed by atoms with van der Waals surface area (Å²) in [7, 11) is -1.85. The number of carbonyl (C=O) groups excluding carboxylic acids is 1. The summed E-state index contributed by atoms with van der Waals surface area (Å²) in [5.41, 5.74) is 1.99. The zero-order valence-corrected chi connectivity index (χ0v) is 17.7. The number of halogens is 1. The molecule has 1 aliphatic heterocycles. The Hall–Kier alpha value is -2.26. The largest absolute Gasteiger partial charge is 0.349 e. The number of carbonyl (C=O) groups is 1. The SMILES string of the molecule is Cc1c([C@H](C)NC(=O)CC2CCN(S(=O)(=O)c3cccc(F)c3)CC2)cnn1C. The Kier molecular flexibility index (Phi) is 6.38. The zero-order valence-electron chi connectivity index (χ0n) is 16.9. The van der Waals surface area contributed by atoms with E-state index in [-0.39, 0.29) is 22.8 Å². The number of rotatable bonds is 6. The van der Waals surface area contributed by atoms with Crippen molar-refractivity contribution >= 4 is 15.9 Å². The molecule has 2 aromatic rings. The fraction of sp³-hybridized carbons (Fsp3) is 0.500. The Morgan fingerprint density at radius 2 is 2.03 bits per heavy atom. The number of piperidine rings is 1. The molecule has 1 aliphatic rings. The number of sulfonamides is 1. The molecule has 7 nitrogen and oxygen atoms in total. The summed E-state index contributed by atoms with van der Waals surface area (Å²) in [6.45, 7) is 4.54. The van der Waals surface area contributed by atoms with Crippen molar-refractivity contribution in [1.29, 1.82) is 0 Å². The number of hydrogen-bond acceptors (Lipinski definition) is 4. The Bertz CT molecular complexity index is 981. The van der Waals surface area contributed by atoms with Crippen LogP contribution < -0.4 is 5.32 Å². The topological polar surface area (TPSA) is 84.3 Å². The van der Waals surface area contributed by atoms with Crippen molar-refractivity contribution in [1.82, 2.24) is 19.4 Å². The van der Waals surface area contributed by atoms with Crippen LogP contribution in [-0.4, -0.2) is 41.5 Å². The minimum absolute atomic E-state index is 0.0330. The maximum Gasteiger partial charge on any atom is 0.243 e. The third kappa shape index (κ3) is 4.84. The van der Waals surface area contributed by atoms with Crippen LogP contribution in [0.2, 0.25) is 0 Å². The van der Waals surface area contributed by atoms with Crippen molar-refractivity contribution < 1.29 is 17.6 Å². The molecule has 0 unspecified atom stereocenters. The van der Waals surface area contributed by atoms with Gasteiger partial charge in [0.15, 0.2) is 0 Å². The van der Waals surface area contributed by atoms with Crippen LogP contribution in [-0.2, 0) is 21.9 Å². The number of benzene rings is 1. The highest BCUT2D eigenvalue weighted by atomic mass is 32.2. The average Bonchev–Trinajstić information content (AvgIpc) is 3.01. The standard InChI is InChI=1S/C20H27FN4O3S/c1-14(19-13-22-24(3)15(19)2)23-20(26)11-16-7-9-25(10-8-16)29(27,28)18-6-4-5-17(21)12-18/h4-6,12-14,16H,7-11H2,1-3H3,(H,23,26)/t14-/m0/s1. The maximum absolute atomic E-state index is 13.4. The first-order valence-electron chi connectivity index (χ1n) is 9.72. The van der Waals surface area contributed by atoms with E-state index in [2.05, 4.69) is 10.4 Å². The predicted molar refractivity (Wildman–Crippen MR) is 107 cm³/mol. The van der Waals surface area contributed by atoms with E-state index in [1.807, 2.05) is 20.9 Å². The Morgan fingerprint density at radius 1 is 1.34 bits per heavy atom. The Labute approximate surface area is 171 Å². The van der Waals surface area contributed by atoms with E-state index >= 15 is 0 Å². The number of amides is 1. The molecule has 29 heavy (non-hydrogen) atoms. The fourth-order valence-electron chi connectivity index (χ4n) is 3.71. The summed E-state index contributed by atoms with van der Waals surface area (Å²) in [5, 5.41) is 7.21. The lowest BCUT2D eigenvalue weighted by atomic mass is 9.94. The van der Waals surface area contributed by atoms with E-state index in [1.165, 1.54) is 22.5 Å². The van der Waals surface area contributed by atoms with Crippen LogP contribution in [0.25, 0.3) is 0 Å². The summed E-state index contributed by atoms with van der Waals surface area (Å²) in [6, 6.07) is 4.92. The third-order valence-electron chi connectivity index (χ3n) is 5.60. The van der Waals surface area contributed by atoms with E-state index in [0.29, 0.717) is 32.4 Å². The molecule has 9 heteroatoms. The van der Waals surface area contributed by atoms with E-state index < -0.39 is 15.8 Å². The van der Waals surface area contributed by atoms with Gasteiger partial charge in [0.25, 0.3) is 0 Å². The van der Waals surface area contributed by atoms with Crippen molar-refractivity contribution in [3.63, 3.8) is 0 Å². The van der Waals surface area contributed by atoms with E-state index in [9.17, 15) is 17.6 Å². The minimum atomic E-state index is -3.71. The third-order valence-corrected chi connectivity index (χ3v) is 7.49. The predicted octanol–water partition coefficient (Wildman–Crippen LogP) is 2.54. The molecular weight excluding hydrogens is 395 g/mol. The second kappa shape index (κ2) is 8.62. The van der Waals surface area contributed by atoms with Gasteiger partial charge in [-0.25, -0.2) is 12.8 Å². The smallest absolute Gasteiger partial charge is 0.243 e. The van der Waals surface area contributed by atoms with Crippen LogP contribution in [0.3, 0.4) is 0 Å². The first-order chi connectivity index (χ1) is 13.7. The van der Waals surface area contributed by atoms with Crippen molar-refractivity contribution in [2.75, 3.05) is 13.1 Å². The van der Waals surface area contributed by atoms with Gasteiger partial charge in [-0.2, -0.15) is 9.40 Å². The summed E-state index contributed by atoms with van der Waals surface area (Å²) >= 11 is 0. The molecule has 0 radical (unpaired) electrons. The van der Waals surface area contributed by atoms with Gasteiger partial charge in [-0.1, -0.05) is 6.07 Å². The van der Waals surface area contributed by atoms with Crippen molar-refractivity contribution in [2.45, 2.75) is 44.0 Å². The molecule has 1 aromatic carbocycles. The van der Waals surface area contributed by atoms with E-state index in [1.54, 1.807) is 10.9 Å². The molecule has 1 N–H and O–H groups in total. The highest BCUT2D eigenvalue weighted by molar-refractivity contribution is 7.89. The van der Waals surface area contributed by atoms with Crippen LogP contribution in [0, 0.1) is 18.7 Å². The van der Waals surface area contributed by atoms with Gasteiger partial charge in [0, 0.05) is 37.8 Å². The van der Waals surface area contributed by atoms with Crippen LogP contribution in [0.4, 0.5) is 4.39 Å². The van der Waals surface area contributed by atoms with Gasteiger partial charge in [0.2, 0.25) is 15.9 Å². The van der Waals surface area contributed by atoms with Gasteiger partial charge in [0.05, 0.1) is 17.1 Å². The summed E-state index contributed by atoms with van der Waals surface area (Å²) in [6.07, 6.45) is 3.32. The van der Waals surface area contributed by atoms with Gasteiger partial charge in [-0.3, -0.25) is 9.48 Å². The van der Waals surface area contributed by atoms with Gasteiger partial charge in [-0.05, 0) is 50.8 Å². The summed E-state index contributed by atoms with van der Waals surface area (Å²) in [5.74, 6) is -0.501. The second-order valence-electron chi connectivity index (χ2n) is 7.61. The monoisotopic (exact) mass is 422 g/mol. The van der Waals surface area contributed by atoms with E-state index in [0.717, 1.165) is 17.3 Å². The van der Waals surface area contributed by atoms with Crippen molar-refractivity contribution in [3.05, 3.63) is 47.5 Å². The van der Waals surface area contributed by atoms with Crippen LogP contribution in [0.15, 0.2) is 35.4 Å². The first-order valence-corrected chi connectivity index (χ1v) is 11.2. The maximum atomic E-state index is 13.4. The Balaban J connectivity index is 1.53. The lowest BCUT2D eigenvalue weighted by Crippen LogP contribution is -2.39. The minimum Gasteiger partial charge on any atom is -0.349 e. The lowest BCUT2D eigenvalue weighted by molar-refractivity contribution is -0.122. The summed E-state index contributed by atoms with van der Waals surface area (Å²) in [4.78, 5) is 12.4. The van der Waals surface area contributed by atoms with E-state index in [4.69, 9.17) is 0 Å². The molecular formula is C20H27FN4O3S. The van der Waals surface area contributed by atoms with Crippen molar-refractivity contribution in [2.24, 2.45) is 13.0 Å². The number of nitrogens with one attached hydrogen (secondary N) is 1. The highest BCUT2D eigenvalue weighted by Gasteiger charge is 2.30. The summed E-state index contributed by atoms with van der Waals surface area (Å²) < 4.78 is 41.9. The molecule has 0 bridgehead atoms. The molecule has 0 aliphatic carbocycles. The number of nitrogens with zero attached hydrogens (tertiary/aromatic N) is 3. The van der Waals surface area contributed by atoms with Crippen molar-refractivity contribution in [3.8, 4) is 0 Å². The van der Waals surface area contributed by atoms with Gasteiger partial charge < -0.3 is 5.32 Å². The number of aryl methyl sites for hydroxylation is 1. The van der Waals surface area contributed by atoms with Gasteiger partial charge in [-0.15, -0.1) is 0 Å². The molecule has 2 heterocycles. The quantitative estimate of drug-likeness (QED) is 0.775. The molecule has 1 aromatic heterocycles. The molecule has 1 saturated heterocycles. The van der Waals surface area contributed by atoms with Gasteiger partial charge in [0.1, 0.15) is 5.82 Å². The second-order valence-corrected chi connectivity index (χ2v) is 9.55. The zero-order chi connectivity index (χ0) is 21.2. The lowest BCUT2D eigenvalue weighted by Gasteiger charge is -2.31. The average molecular weight is 423 g/mol. The van der Waals surface area contributed by atoms with Gasteiger partial charge >= 0.3 is 0 Å². The molecule has 158 valence electrons. The highest BCUT2D eigenvalue weighted by Crippen LogP contribution is 2.26. The van der Waals surface area contributed by atoms with Crippen LogP contribution in [0.5, 0.6) is 0 Å². The molecule has 0 spiro atoms. The normalized spacial score (nSPS) is 17.2. The molecule has 0 saturated carbocycles.